The van der Waals surface area contributed by atoms with Crippen molar-refractivity contribution in [3.05, 3.63) is 41.3 Å². The molecule has 3 aromatic rings. The zero-order valence-electron chi connectivity index (χ0n) is 17.6. The molecule has 0 aliphatic carbocycles. The van der Waals surface area contributed by atoms with Crippen molar-refractivity contribution >= 4 is 16.9 Å². The van der Waals surface area contributed by atoms with Crippen LogP contribution in [0.15, 0.2) is 24.3 Å². The van der Waals surface area contributed by atoms with E-state index in [0.717, 1.165) is 6.07 Å². The van der Waals surface area contributed by atoms with Gasteiger partial charge in [0.15, 0.2) is 5.69 Å². The number of aromatic nitrogens is 3. The molecule has 1 amide bonds. The predicted molar refractivity (Wildman–Crippen MR) is 110 cm³/mol. The molecule has 8 nitrogen and oxygen atoms in total. The molecule has 0 spiro atoms. The number of nitrogens with zero attached hydrogens (tertiary/aromatic N) is 3. The number of ether oxygens (including phenoxy) is 1. The van der Waals surface area contributed by atoms with E-state index < -0.39 is 23.2 Å². The third kappa shape index (κ3) is 4.65. The number of carbonyl (C=O) groups excluding carboxylic acids is 1. The van der Waals surface area contributed by atoms with Crippen molar-refractivity contribution in [2.24, 2.45) is 5.73 Å². The van der Waals surface area contributed by atoms with Crippen LogP contribution in [-0.2, 0) is 17.5 Å². The van der Waals surface area contributed by atoms with Gasteiger partial charge in [0.1, 0.15) is 23.2 Å². The van der Waals surface area contributed by atoms with Crippen molar-refractivity contribution < 1.29 is 22.7 Å². The van der Waals surface area contributed by atoms with E-state index in [1.54, 1.807) is 20.8 Å². The summed E-state index contributed by atoms with van der Waals surface area (Å²) in [6, 6.07) is 7.06. The molecule has 0 radical (unpaired) electrons. The van der Waals surface area contributed by atoms with Crippen LogP contribution in [0.4, 0.5) is 13.2 Å². The van der Waals surface area contributed by atoms with E-state index in [0.29, 0.717) is 11.3 Å². The van der Waals surface area contributed by atoms with Crippen LogP contribution >= 0.6 is 0 Å². The third-order valence-corrected chi connectivity index (χ3v) is 4.82. The normalized spacial score (nSPS) is 12.0. The summed E-state index contributed by atoms with van der Waals surface area (Å²) in [6.45, 7) is 5.05. The van der Waals surface area contributed by atoms with Crippen molar-refractivity contribution in [3.8, 4) is 23.1 Å². The highest BCUT2D eigenvalue weighted by Crippen LogP contribution is 2.39. The van der Waals surface area contributed by atoms with Crippen LogP contribution in [0.5, 0.6) is 5.75 Å². The molecule has 0 aliphatic heterocycles. The van der Waals surface area contributed by atoms with Gasteiger partial charge in [-0.3, -0.25) is 10.1 Å². The lowest BCUT2D eigenvalue weighted by atomic mass is 10.1. The summed E-state index contributed by atoms with van der Waals surface area (Å²) in [6.07, 6.45) is -4.62. The number of rotatable bonds is 7. The van der Waals surface area contributed by atoms with Gasteiger partial charge in [0.05, 0.1) is 35.5 Å². The number of nitrogens with one attached hydrogen (secondary N) is 2. The average Bonchev–Trinajstić information content (AvgIpc) is 3.14. The first-order valence-electron chi connectivity index (χ1n) is 9.65. The lowest BCUT2D eigenvalue weighted by Gasteiger charge is -2.21. The molecule has 3 rings (SSSR count). The van der Waals surface area contributed by atoms with E-state index in [1.165, 1.54) is 18.2 Å². The van der Waals surface area contributed by atoms with Crippen LogP contribution in [0.1, 0.15) is 37.9 Å². The predicted octanol–water partition coefficient (Wildman–Crippen LogP) is 3.27. The van der Waals surface area contributed by atoms with Crippen molar-refractivity contribution in [1.82, 2.24) is 20.3 Å². The maximum absolute atomic E-state index is 13.5. The van der Waals surface area contributed by atoms with Gasteiger partial charge in [-0.15, -0.1) is 0 Å². The monoisotopic (exact) mass is 446 g/mol. The first-order chi connectivity index (χ1) is 15.0. The van der Waals surface area contributed by atoms with Crippen LogP contribution in [0.25, 0.3) is 22.3 Å². The fourth-order valence-corrected chi connectivity index (χ4v) is 2.96. The number of hydrogen-bond donors (Lipinski definition) is 3. The average molecular weight is 446 g/mol. The Morgan fingerprint density at radius 3 is 2.59 bits per heavy atom. The maximum Gasteiger partial charge on any atom is 0.419 e. The number of carbonyl (C=O) groups is 1. The van der Waals surface area contributed by atoms with Crippen LogP contribution in [0.2, 0.25) is 0 Å². The van der Waals surface area contributed by atoms with Gasteiger partial charge >= 0.3 is 6.18 Å². The SMILES string of the molecule is CCOc1ccc(-c2cc3[nH]c(CNC(C)(C)C(N)=O)nc3c(C#N)n2)cc1C(F)(F)F. The molecule has 168 valence electrons. The van der Waals surface area contributed by atoms with Crippen molar-refractivity contribution in [2.75, 3.05) is 6.61 Å². The number of fused-ring (bicyclic) bond motifs is 1. The summed E-state index contributed by atoms with van der Waals surface area (Å²) < 4.78 is 45.6. The van der Waals surface area contributed by atoms with Gasteiger partial charge in [-0.25, -0.2) is 9.97 Å². The molecular weight excluding hydrogens is 425 g/mol. The molecule has 1 aromatic carbocycles. The summed E-state index contributed by atoms with van der Waals surface area (Å²) in [4.78, 5) is 23.0. The fraction of sp³-hybridized carbons (Fsp3) is 0.333. The Morgan fingerprint density at radius 2 is 2.00 bits per heavy atom. The van der Waals surface area contributed by atoms with E-state index in [4.69, 9.17) is 10.5 Å². The van der Waals surface area contributed by atoms with Gasteiger partial charge in [0.25, 0.3) is 0 Å². The van der Waals surface area contributed by atoms with Gasteiger partial charge in [-0.1, -0.05) is 0 Å². The van der Waals surface area contributed by atoms with Gasteiger partial charge in [-0.2, -0.15) is 18.4 Å². The van der Waals surface area contributed by atoms with E-state index in [-0.39, 0.29) is 41.4 Å². The van der Waals surface area contributed by atoms with Crippen molar-refractivity contribution in [3.63, 3.8) is 0 Å². The topological polar surface area (TPSA) is 130 Å². The molecule has 0 saturated heterocycles. The van der Waals surface area contributed by atoms with Crippen LogP contribution in [0, 0.1) is 11.3 Å². The minimum Gasteiger partial charge on any atom is -0.493 e. The van der Waals surface area contributed by atoms with Gasteiger partial charge < -0.3 is 15.5 Å². The first-order valence-corrected chi connectivity index (χ1v) is 9.65. The lowest BCUT2D eigenvalue weighted by molar-refractivity contribution is -0.138. The largest absolute Gasteiger partial charge is 0.493 e. The number of primary amides is 1. The molecule has 4 N–H and O–H groups in total. The highest BCUT2D eigenvalue weighted by atomic mass is 19.4. The summed E-state index contributed by atoms with van der Waals surface area (Å²) in [5.74, 6) is -0.420. The zero-order chi connectivity index (χ0) is 23.7. The molecule has 0 fully saturated rings. The molecule has 2 heterocycles. The summed E-state index contributed by atoms with van der Waals surface area (Å²) in [5.41, 5.74) is 4.40. The van der Waals surface area contributed by atoms with Gasteiger partial charge in [0.2, 0.25) is 5.91 Å². The molecule has 0 aliphatic rings. The zero-order valence-corrected chi connectivity index (χ0v) is 17.6. The third-order valence-electron chi connectivity index (χ3n) is 4.82. The quantitative estimate of drug-likeness (QED) is 0.511. The van der Waals surface area contributed by atoms with E-state index in [1.807, 2.05) is 6.07 Å². The Hall–Kier alpha value is -3.65. The lowest BCUT2D eigenvalue weighted by Crippen LogP contribution is -2.50. The van der Waals surface area contributed by atoms with Gasteiger partial charge in [-0.05, 0) is 45.0 Å². The number of nitrogens with two attached hydrogens (primary N) is 1. The Labute approximate surface area is 181 Å². The Kier molecular flexibility index (Phi) is 6.09. The number of halogens is 3. The maximum atomic E-state index is 13.5. The first kappa shape index (κ1) is 23.0. The van der Waals surface area contributed by atoms with E-state index in [2.05, 4.69) is 20.3 Å². The Bertz CT molecular complexity index is 1210. The van der Waals surface area contributed by atoms with Gasteiger partial charge in [0, 0.05) is 5.56 Å². The molecule has 0 atom stereocenters. The molecule has 2 aromatic heterocycles. The second-order valence-corrected chi connectivity index (χ2v) is 7.53. The summed E-state index contributed by atoms with van der Waals surface area (Å²) >= 11 is 0. The second-order valence-electron chi connectivity index (χ2n) is 7.53. The number of nitriles is 1. The molecule has 0 bridgehead atoms. The molecule has 11 heteroatoms. The minimum absolute atomic E-state index is 0.0448. The highest BCUT2D eigenvalue weighted by Gasteiger charge is 2.35. The number of aromatic amines is 1. The van der Waals surface area contributed by atoms with E-state index >= 15 is 0 Å². The number of hydrogen-bond acceptors (Lipinski definition) is 6. The van der Waals surface area contributed by atoms with Crippen molar-refractivity contribution in [1.29, 1.82) is 5.26 Å². The molecule has 0 saturated carbocycles. The number of benzene rings is 1. The standard InChI is InChI=1S/C21H21F3N6O2/c1-4-32-16-6-5-11(7-12(16)21(22,23)24)13-8-14-18(15(9-25)28-13)30-17(29-14)10-27-20(2,3)19(26)31/h5-8,27H,4,10H2,1-3H3,(H2,26,31)(H,29,30). The van der Waals surface area contributed by atoms with E-state index in [9.17, 15) is 23.2 Å². The van der Waals surface area contributed by atoms with Crippen LogP contribution in [-0.4, -0.2) is 33.0 Å². The second kappa shape index (κ2) is 8.47. The van der Waals surface area contributed by atoms with Crippen LogP contribution in [0.3, 0.4) is 0 Å². The fourth-order valence-electron chi connectivity index (χ4n) is 2.96. The molecular formula is C21H21F3N6O2. The van der Waals surface area contributed by atoms with Crippen molar-refractivity contribution in [2.45, 2.75) is 39.0 Å². The smallest absolute Gasteiger partial charge is 0.419 e. The van der Waals surface area contributed by atoms with Crippen LogP contribution < -0.4 is 15.8 Å². The Morgan fingerprint density at radius 1 is 1.28 bits per heavy atom. The molecule has 0 unspecified atom stereocenters. The number of alkyl halides is 3. The summed E-state index contributed by atoms with van der Waals surface area (Å²) in [5, 5.41) is 12.5. The number of amides is 1. The minimum atomic E-state index is -4.62. The number of H-pyrrole nitrogens is 1. The molecule has 32 heavy (non-hydrogen) atoms. The Balaban J connectivity index is 2.04. The number of imidazole rings is 1. The number of pyridine rings is 1. The highest BCUT2D eigenvalue weighted by molar-refractivity contribution is 5.85. The summed E-state index contributed by atoms with van der Waals surface area (Å²) in [7, 11) is 0.